The normalized spacial score (nSPS) is 21.3. The molecule has 2 rings (SSSR count). The largest absolute Gasteiger partial charge is 0.392 e. The Morgan fingerprint density at radius 2 is 2.09 bits per heavy atom. The molecule has 1 fully saturated rings. The predicted molar refractivity (Wildman–Crippen MR) is 85.5 cm³/mol. The molecule has 1 aromatic carbocycles. The van der Waals surface area contributed by atoms with Crippen LogP contribution in [0.1, 0.15) is 13.3 Å². The van der Waals surface area contributed by atoms with Gasteiger partial charge in [0.1, 0.15) is 0 Å². The van der Waals surface area contributed by atoms with Gasteiger partial charge in [-0.15, -0.1) is 0 Å². The van der Waals surface area contributed by atoms with E-state index in [-0.39, 0.29) is 30.0 Å². The van der Waals surface area contributed by atoms with E-state index in [2.05, 4.69) is 5.32 Å². The minimum atomic E-state index is -3.01. The van der Waals surface area contributed by atoms with E-state index in [0.717, 1.165) is 5.69 Å². The van der Waals surface area contributed by atoms with Crippen molar-refractivity contribution in [3.05, 3.63) is 30.3 Å². The van der Waals surface area contributed by atoms with Crippen molar-refractivity contribution in [2.24, 2.45) is 0 Å². The molecular formula is C15H22N2O4S. The van der Waals surface area contributed by atoms with E-state index in [9.17, 15) is 18.3 Å². The topological polar surface area (TPSA) is 86.7 Å². The molecule has 1 aliphatic heterocycles. The van der Waals surface area contributed by atoms with Gasteiger partial charge in [-0.25, -0.2) is 8.42 Å². The van der Waals surface area contributed by atoms with Crippen molar-refractivity contribution < 1.29 is 18.3 Å². The molecule has 1 aromatic rings. The van der Waals surface area contributed by atoms with E-state index >= 15 is 0 Å². The van der Waals surface area contributed by atoms with Gasteiger partial charge in [-0.2, -0.15) is 0 Å². The molecule has 0 spiro atoms. The number of sulfone groups is 1. The molecule has 6 nitrogen and oxygen atoms in total. The third-order valence-corrected chi connectivity index (χ3v) is 5.31. The van der Waals surface area contributed by atoms with Crippen LogP contribution < -0.4 is 10.2 Å². The first-order valence-electron chi connectivity index (χ1n) is 7.33. The van der Waals surface area contributed by atoms with Crippen LogP contribution in [-0.2, 0) is 14.6 Å². The number of hydrogen-bond acceptors (Lipinski definition) is 5. The number of aliphatic hydroxyl groups is 1. The highest BCUT2D eigenvalue weighted by molar-refractivity contribution is 7.91. The molecule has 22 heavy (non-hydrogen) atoms. The minimum Gasteiger partial charge on any atom is -0.392 e. The molecule has 1 aliphatic rings. The fourth-order valence-electron chi connectivity index (χ4n) is 2.57. The quantitative estimate of drug-likeness (QED) is 0.779. The molecule has 2 atom stereocenters. The van der Waals surface area contributed by atoms with Crippen molar-refractivity contribution in [2.45, 2.75) is 25.5 Å². The van der Waals surface area contributed by atoms with Crippen molar-refractivity contribution in [2.75, 3.05) is 29.5 Å². The molecule has 0 saturated carbocycles. The number of rotatable bonds is 6. The summed E-state index contributed by atoms with van der Waals surface area (Å²) >= 11 is 0. The van der Waals surface area contributed by atoms with E-state index in [4.69, 9.17) is 0 Å². The van der Waals surface area contributed by atoms with Crippen LogP contribution in [0.5, 0.6) is 0 Å². The summed E-state index contributed by atoms with van der Waals surface area (Å²) in [5, 5.41) is 12.4. The van der Waals surface area contributed by atoms with Gasteiger partial charge in [-0.05, 0) is 25.5 Å². The third-order valence-electron chi connectivity index (χ3n) is 3.54. The number of carbonyl (C=O) groups is 1. The number of nitrogens with zero attached hydrogens (tertiary/aromatic N) is 1. The number of carbonyl (C=O) groups excluding carboxylic acids is 1. The van der Waals surface area contributed by atoms with Gasteiger partial charge in [-0.1, -0.05) is 18.2 Å². The van der Waals surface area contributed by atoms with E-state index in [1.54, 1.807) is 11.8 Å². The Bertz CT molecular complexity index is 601. The summed E-state index contributed by atoms with van der Waals surface area (Å²) in [6, 6.07) is 9.05. The van der Waals surface area contributed by atoms with Crippen molar-refractivity contribution in [3.8, 4) is 0 Å². The lowest BCUT2D eigenvalue weighted by atomic mass is 10.2. The lowest BCUT2D eigenvalue weighted by Crippen LogP contribution is -2.44. The third kappa shape index (κ3) is 4.99. The second-order valence-electron chi connectivity index (χ2n) is 5.73. The van der Waals surface area contributed by atoms with E-state index < -0.39 is 15.9 Å². The smallest absolute Gasteiger partial charge is 0.239 e. The zero-order valence-electron chi connectivity index (χ0n) is 12.6. The second-order valence-corrected chi connectivity index (χ2v) is 7.96. The molecule has 7 heteroatoms. The Morgan fingerprint density at radius 3 is 2.64 bits per heavy atom. The van der Waals surface area contributed by atoms with Crippen LogP contribution in [0.25, 0.3) is 0 Å². The molecule has 1 saturated heterocycles. The van der Waals surface area contributed by atoms with Gasteiger partial charge in [0, 0.05) is 18.3 Å². The number of amides is 1. The first-order chi connectivity index (χ1) is 10.4. The monoisotopic (exact) mass is 326 g/mol. The maximum atomic E-state index is 12.1. The number of nitrogens with one attached hydrogen (secondary N) is 1. The van der Waals surface area contributed by atoms with Gasteiger partial charge < -0.3 is 15.3 Å². The highest BCUT2D eigenvalue weighted by Gasteiger charge is 2.29. The van der Waals surface area contributed by atoms with Crippen LogP contribution in [0, 0.1) is 0 Å². The molecule has 0 radical (unpaired) electrons. The summed E-state index contributed by atoms with van der Waals surface area (Å²) < 4.78 is 22.8. The van der Waals surface area contributed by atoms with Crippen LogP contribution >= 0.6 is 0 Å². The van der Waals surface area contributed by atoms with Gasteiger partial charge in [-0.3, -0.25) is 4.79 Å². The molecule has 1 amide bonds. The molecular weight excluding hydrogens is 304 g/mol. The summed E-state index contributed by atoms with van der Waals surface area (Å²) in [5.74, 6) is -0.0827. The fourth-order valence-corrected chi connectivity index (χ4v) is 4.25. The number of anilines is 1. The van der Waals surface area contributed by atoms with Crippen molar-refractivity contribution in [1.82, 2.24) is 5.32 Å². The van der Waals surface area contributed by atoms with Gasteiger partial charge in [0.05, 0.1) is 24.2 Å². The Balaban J connectivity index is 1.97. The average molecular weight is 326 g/mol. The van der Waals surface area contributed by atoms with Gasteiger partial charge in [0.2, 0.25) is 5.91 Å². The Labute approximate surface area is 131 Å². The van der Waals surface area contributed by atoms with Crippen LogP contribution in [0.15, 0.2) is 30.3 Å². The first-order valence-corrected chi connectivity index (χ1v) is 9.16. The summed E-state index contributed by atoms with van der Waals surface area (Å²) in [7, 11) is -3.01. The predicted octanol–water partition coefficient (Wildman–Crippen LogP) is 0.177. The number of para-hydroxylation sites is 1. The lowest BCUT2D eigenvalue weighted by Gasteiger charge is -2.26. The fraction of sp³-hybridized carbons (Fsp3) is 0.533. The van der Waals surface area contributed by atoms with Crippen molar-refractivity contribution >= 4 is 21.4 Å². The first kappa shape index (κ1) is 16.8. The van der Waals surface area contributed by atoms with Crippen molar-refractivity contribution in [1.29, 1.82) is 0 Å². The molecule has 0 aromatic heterocycles. The van der Waals surface area contributed by atoms with E-state index in [0.29, 0.717) is 13.0 Å². The summed E-state index contributed by atoms with van der Waals surface area (Å²) in [5.41, 5.74) is 0.845. The SMILES string of the molecule is C[C@H](O)CN(CC(=O)N[C@@H]1CCS(=O)(=O)C1)c1ccccc1. The van der Waals surface area contributed by atoms with Crippen LogP contribution in [0.3, 0.4) is 0 Å². The highest BCUT2D eigenvalue weighted by atomic mass is 32.2. The molecule has 122 valence electrons. The Kier molecular flexibility index (Phi) is 5.42. The maximum absolute atomic E-state index is 12.1. The standard InChI is InChI=1S/C15H22N2O4S/c1-12(18)9-17(14-5-3-2-4-6-14)10-15(19)16-13-7-8-22(20,21)11-13/h2-6,12-13,18H,7-11H2,1H3,(H,16,19)/t12-,13+/m0/s1. The van der Waals surface area contributed by atoms with Crippen molar-refractivity contribution in [3.63, 3.8) is 0 Å². The number of hydrogen-bond donors (Lipinski definition) is 2. The Morgan fingerprint density at radius 1 is 1.41 bits per heavy atom. The highest BCUT2D eigenvalue weighted by Crippen LogP contribution is 2.14. The number of benzene rings is 1. The van der Waals surface area contributed by atoms with Crippen LogP contribution in [0.2, 0.25) is 0 Å². The van der Waals surface area contributed by atoms with Gasteiger partial charge >= 0.3 is 0 Å². The second kappa shape index (κ2) is 7.11. The zero-order chi connectivity index (χ0) is 16.2. The van der Waals surface area contributed by atoms with E-state index in [1.165, 1.54) is 0 Å². The molecule has 2 N–H and O–H groups in total. The molecule has 0 aliphatic carbocycles. The lowest BCUT2D eigenvalue weighted by molar-refractivity contribution is -0.120. The van der Waals surface area contributed by atoms with Crippen LogP contribution in [0.4, 0.5) is 5.69 Å². The molecule has 0 bridgehead atoms. The minimum absolute atomic E-state index is 0.0144. The number of aliphatic hydroxyl groups excluding tert-OH is 1. The average Bonchev–Trinajstić information content (AvgIpc) is 2.77. The summed E-state index contributed by atoms with van der Waals surface area (Å²) in [4.78, 5) is 13.9. The van der Waals surface area contributed by atoms with Gasteiger partial charge in [0.15, 0.2) is 9.84 Å². The van der Waals surface area contributed by atoms with Gasteiger partial charge in [0.25, 0.3) is 0 Å². The molecule has 1 heterocycles. The summed E-state index contributed by atoms with van der Waals surface area (Å²) in [6.07, 6.45) is -0.102. The maximum Gasteiger partial charge on any atom is 0.239 e. The molecule has 0 unspecified atom stereocenters. The van der Waals surface area contributed by atoms with Crippen LogP contribution in [-0.4, -0.2) is 56.2 Å². The van der Waals surface area contributed by atoms with E-state index in [1.807, 2.05) is 30.3 Å². The zero-order valence-corrected chi connectivity index (χ0v) is 13.4. The Hall–Kier alpha value is -1.60. The summed E-state index contributed by atoms with van der Waals surface area (Å²) in [6.45, 7) is 2.09.